The van der Waals surface area contributed by atoms with Gasteiger partial charge in [0, 0.05) is 11.3 Å². The first kappa shape index (κ1) is 14.1. The number of hydrogen-bond acceptors (Lipinski definition) is 4. The van der Waals surface area contributed by atoms with E-state index in [2.05, 4.69) is 13.0 Å². The monoisotopic (exact) mass is 311 g/mol. The zero-order valence-corrected chi connectivity index (χ0v) is 13.4. The van der Waals surface area contributed by atoms with Gasteiger partial charge in [0.2, 0.25) is 0 Å². The summed E-state index contributed by atoms with van der Waals surface area (Å²) in [6, 6.07) is 8.07. The quantitative estimate of drug-likeness (QED) is 0.886. The second-order valence-corrected chi connectivity index (χ2v) is 7.69. The molecule has 0 spiro atoms. The first-order valence-electron chi connectivity index (χ1n) is 8.67. The third-order valence-corrected chi connectivity index (χ3v) is 6.27. The van der Waals surface area contributed by atoms with E-state index in [1.807, 2.05) is 24.5 Å². The van der Waals surface area contributed by atoms with Crippen LogP contribution in [0.25, 0.3) is 11.0 Å². The van der Waals surface area contributed by atoms with Crippen molar-refractivity contribution >= 4 is 18.1 Å². The lowest BCUT2D eigenvalue weighted by atomic mass is 9.57. The predicted octanol–water partition coefficient (Wildman–Crippen LogP) is 2.93. The number of fused-ring (bicyclic) bond motifs is 1. The summed E-state index contributed by atoms with van der Waals surface area (Å²) in [5.74, 6) is 1.32. The first-order chi connectivity index (χ1) is 11.1. The molecular weight excluding hydrogens is 289 g/mol. The molecule has 23 heavy (non-hydrogen) atoms. The van der Waals surface area contributed by atoms with E-state index >= 15 is 0 Å². The molecule has 0 amide bonds. The minimum Gasteiger partial charge on any atom is -0.464 e. The first-order valence-corrected chi connectivity index (χ1v) is 8.67. The highest BCUT2D eigenvalue weighted by atomic mass is 16.7. The van der Waals surface area contributed by atoms with E-state index in [9.17, 15) is 0 Å². The highest BCUT2D eigenvalue weighted by Gasteiger charge is 2.61. The van der Waals surface area contributed by atoms with Crippen molar-refractivity contribution in [1.29, 1.82) is 0 Å². The minimum atomic E-state index is -0.307. The summed E-state index contributed by atoms with van der Waals surface area (Å²) >= 11 is 0. The zero-order chi connectivity index (χ0) is 15.6. The number of furan rings is 1. The highest BCUT2D eigenvalue weighted by Crippen LogP contribution is 2.56. The van der Waals surface area contributed by atoms with Crippen molar-refractivity contribution in [1.82, 2.24) is 0 Å². The molecule has 1 aromatic heterocycles. The third kappa shape index (κ3) is 2.03. The largest absolute Gasteiger partial charge is 0.475 e. The van der Waals surface area contributed by atoms with Gasteiger partial charge < -0.3 is 19.5 Å². The molecule has 2 aromatic rings. The fraction of sp³-hybridized carbons (Fsp3) is 0.556. The molecule has 1 aromatic carbocycles. The van der Waals surface area contributed by atoms with Crippen LogP contribution in [0.2, 0.25) is 0 Å². The van der Waals surface area contributed by atoms with Gasteiger partial charge in [0.15, 0.2) is 0 Å². The number of benzene rings is 1. The lowest BCUT2D eigenvalue weighted by Gasteiger charge is -2.53. The van der Waals surface area contributed by atoms with Crippen LogP contribution in [0.5, 0.6) is 0 Å². The van der Waals surface area contributed by atoms with E-state index in [4.69, 9.17) is 19.5 Å². The van der Waals surface area contributed by atoms with E-state index in [0.717, 1.165) is 28.9 Å². The van der Waals surface area contributed by atoms with Crippen LogP contribution in [0, 0.1) is 11.8 Å². The number of nitrogens with two attached hydrogens (primary N) is 1. The second kappa shape index (κ2) is 4.85. The van der Waals surface area contributed by atoms with Gasteiger partial charge in [0.25, 0.3) is 0 Å². The van der Waals surface area contributed by atoms with Crippen LogP contribution in [0.4, 0.5) is 0 Å². The van der Waals surface area contributed by atoms with Gasteiger partial charge in [-0.1, -0.05) is 18.2 Å². The Morgan fingerprint density at radius 1 is 1.30 bits per heavy atom. The summed E-state index contributed by atoms with van der Waals surface area (Å²) < 4.78 is 18.2. The predicted molar refractivity (Wildman–Crippen MR) is 88.8 cm³/mol. The lowest BCUT2D eigenvalue weighted by molar-refractivity contribution is -0.114. The van der Waals surface area contributed by atoms with Crippen molar-refractivity contribution in [3.8, 4) is 0 Å². The molecule has 6 rings (SSSR count). The molecule has 5 heteroatoms. The van der Waals surface area contributed by atoms with Gasteiger partial charge in [-0.15, -0.1) is 0 Å². The maximum Gasteiger partial charge on any atom is 0.475 e. The molecule has 4 fully saturated rings. The Morgan fingerprint density at radius 2 is 2.13 bits per heavy atom. The van der Waals surface area contributed by atoms with E-state index in [0.29, 0.717) is 12.3 Å². The molecule has 2 N–H and O–H groups in total. The van der Waals surface area contributed by atoms with Crippen LogP contribution in [0.3, 0.4) is 0 Å². The van der Waals surface area contributed by atoms with E-state index < -0.39 is 0 Å². The summed E-state index contributed by atoms with van der Waals surface area (Å²) in [6.45, 7) is 2.22. The summed E-state index contributed by atoms with van der Waals surface area (Å²) in [5.41, 5.74) is 8.35. The average Bonchev–Trinajstić information content (AvgIpc) is 3.07. The number of para-hydroxylation sites is 1. The maximum absolute atomic E-state index is 6.44. The van der Waals surface area contributed by atoms with Gasteiger partial charge in [-0.05, 0) is 56.1 Å². The van der Waals surface area contributed by atoms with Crippen molar-refractivity contribution < 1.29 is 13.7 Å². The van der Waals surface area contributed by atoms with E-state index in [1.54, 1.807) is 0 Å². The third-order valence-electron chi connectivity index (χ3n) is 6.27. The molecule has 3 aliphatic carbocycles. The maximum atomic E-state index is 6.44. The van der Waals surface area contributed by atoms with Crippen LogP contribution in [0.15, 0.2) is 34.9 Å². The summed E-state index contributed by atoms with van der Waals surface area (Å²) in [5, 5.41) is 1.13. The standard InChI is InChI=1S/C18H22BNO3/c1-18-13-6-11(7-13)8-16(18)22-19(23-18)17(20)9-12-10-21-15-5-3-2-4-14(12)15/h2-5,10-11,13,16-17H,6-9,20H2,1H3/t11?,13?,16-,17+,18+/m1/s1. The molecule has 4 nitrogen and oxygen atoms in total. The lowest BCUT2D eigenvalue weighted by Crippen LogP contribution is -2.56. The Hall–Kier alpha value is -1.30. The van der Waals surface area contributed by atoms with Crippen LogP contribution >= 0.6 is 0 Å². The Kier molecular flexibility index (Phi) is 2.97. The van der Waals surface area contributed by atoms with E-state index in [1.165, 1.54) is 12.8 Å². The molecule has 0 radical (unpaired) electrons. The van der Waals surface area contributed by atoms with Gasteiger partial charge in [0.05, 0.1) is 18.0 Å². The highest BCUT2D eigenvalue weighted by molar-refractivity contribution is 6.47. The van der Waals surface area contributed by atoms with Gasteiger partial charge in [0.1, 0.15) is 5.58 Å². The zero-order valence-electron chi connectivity index (χ0n) is 13.4. The minimum absolute atomic E-state index is 0.129. The molecule has 2 bridgehead atoms. The second-order valence-electron chi connectivity index (χ2n) is 7.69. The molecule has 4 aliphatic rings. The normalized spacial score (nSPS) is 36.8. The van der Waals surface area contributed by atoms with Crippen LogP contribution in [-0.2, 0) is 15.7 Å². The van der Waals surface area contributed by atoms with Crippen molar-refractivity contribution in [3.63, 3.8) is 0 Å². The number of hydrogen-bond donors (Lipinski definition) is 1. The Bertz CT molecular complexity index is 741. The summed E-state index contributed by atoms with van der Waals surface area (Å²) in [4.78, 5) is 0. The Morgan fingerprint density at radius 3 is 2.96 bits per heavy atom. The van der Waals surface area contributed by atoms with Crippen molar-refractivity contribution in [2.75, 3.05) is 0 Å². The van der Waals surface area contributed by atoms with Crippen LogP contribution in [0.1, 0.15) is 31.7 Å². The molecule has 2 heterocycles. The molecule has 3 saturated carbocycles. The van der Waals surface area contributed by atoms with Gasteiger partial charge in [-0.3, -0.25) is 0 Å². The van der Waals surface area contributed by atoms with Gasteiger partial charge in [-0.2, -0.15) is 0 Å². The average molecular weight is 311 g/mol. The molecule has 120 valence electrons. The van der Waals surface area contributed by atoms with Crippen molar-refractivity contribution in [2.24, 2.45) is 17.6 Å². The fourth-order valence-corrected chi connectivity index (χ4v) is 4.73. The number of rotatable bonds is 3. The summed E-state index contributed by atoms with van der Waals surface area (Å²) in [7, 11) is -0.307. The summed E-state index contributed by atoms with van der Waals surface area (Å²) in [6.07, 6.45) is 6.46. The molecule has 1 saturated heterocycles. The SMILES string of the molecule is C[C@@]12OB([C@@H](N)Cc3coc4ccccc34)O[C@@H]1CC1CC2C1. The molecule has 0 unspecified atom stereocenters. The van der Waals surface area contributed by atoms with Crippen LogP contribution in [-0.4, -0.2) is 24.8 Å². The Labute approximate surface area is 136 Å². The fourth-order valence-electron chi connectivity index (χ4n) is 4.73. The topological polar surface area (TPSA) is 57.6 Å². The Balaban J connectivity index is 1.34. The molecule has 1 aliphatic heterocycles. The molecular formula is C18H22BNO3. The van der Waals surface area contributed by atoms with Gasteiger partial charge in [-0.25, -0.2) is 0 Å². The van der Waals surface area contributed by atoms with E-state index in [-0.39, 0.29) is 24.8 Å². The van der Waals surface area contributed by atoms with Gasteiger partial charge >= 0.3 is 7.12 Å². The van der Waals surface area contributed by atoms with Crippen molar-refractivity contribution in [3.05, 3.63) is 36.1 Å². The van der Waals surface area contributed by atoms with Crippen molar-refractivity contribution in [2.45, 2.75) is 50.3 Å². The molecule has 3 atom stereocenters. The smallest absolute Gasteiger partial charge is 0.464 e. The van der Waals surface area contributed by atoms with Crippen LogP contribution < -0.4 is 5.73 Å².